The van der Waals surface area contributed by atoms with Crippen LogP contribution >= 0.6 is 0 Å². The smallest absolute Gasteiger partial charge is 0.306 e. The molecule has 0 aliphatic rings. The van der Waals surface area contributed by atoms with E-state index in [1.54, 1.807) is 0 Å². The highest BCUT2D eigenvalue weighted by molar-refractivity contribution is 5.70. The Morgan fingerprint density at radius 1 is 0.293 bits per heavy atom. The number of esters is 2. The second kappa shape index (κ2) is 70.8. The Morgan fingerprint density at radius 2 is 0.524 bits per heavy atom. The van der Waals surface area contributed by atoms with Gasteiger partial charge in [-0.05, 0) is 128 Å². The molecule has 0 aliphatic carbocycles. The zero-order chi connectivity index (χ0) is 59.1. The van der Waals surface area contributed by atoms with Crippen LogP contribution in [0.15, 0.2) is 158 Å². The standard InChI is InChI=1S/C77H126O5/c1-3-5-7-9-11-13-15-17-19-21-23-25-27-29-31-33-35-36-37-38-39-40-42-44-46-48-50-52-54-56-58-60-62-64-66-68-70-72-77(80)82-75(73-78)74-81-76(79)71-69-67-65-63-61-59-57-55-53-51-49-47-45-43-41-34-32-30-28-26-24-22-20-18-16-14-12-10-8-6-4-2/h5,7,11,13,16-19,22-25,29,31,35-36,38-39,42,44,48,50,54,56,60,62,75,78H,3-4,6,8-10,12,14-15,20-21,26-28,30,32-34,37,40-41,43,45-47,49,51-53,55,57-59,61,63-74H2,1-2H3/b7-5-,13-11-,18-16-,19-17-,24-22-,25-23-,31-29-,36-35-,39-38-,44-42-,50-48-,56-54-,62-60-. The second-order valence-corrected chi connectivity index (χ2v) is 22.2. The van der Waals surface area contributed by atoms with Gasteiger partial charge in [0.25, 0.3) is 0 Å². The summed E-state index contributed by atoms with van der Waals surface area (Å²) in [5.41, 5.74) is 0. The van der Waals surface area contributed by atoms with Crippen LogP contribution in [0.5, 0.6) is 0 Å². The molecule has 0 saturated heterocycles. The molecule has 5 heteroatoms. The summed E-state index contributed by atoms with van der Waals surface area (Å²) < 4.78 is 10.7. The van der Waals surface area contributed by atoms with Crippen molar-refractivity contribution in [2.45, 2.75) is 302 Å². The lowest BCUT2D eigenvalue weighted by Gasteiger charge is -2.15. The topological polar surface area (TPSA) is 72.8 Å². The molecule has 0 aromatic carbocycles. The molecule has 464 valence electrons. The quantitative estimate of drug-likeness (QED) is 0.0373. The molecule has 82 heavy (non-hydrogen) atoms. The fraction of sp³-hybridized carbons (Fsp3) is 0.636. The van der Waals surface area contributed by atoms with Gasteiger partial charge >= 0.3 is 11.9 Å². The molecule has 1 atom stereocenters. The maximum atomic E-state index is 12.3. The first-order valence-corrected chi connectivity index (χ1v) is 34.0. The van der Waals surface area contributed by atoms with Gasteiger partial charge < -0.3 is 14.6 Å². The molecule has 0 amide bonds. The first-order chi connectivity index (χ1) is 40.6. The van der Waals surface area contributed by atoms with Gasteiger partial charge in [-0.25, -0.2) is 0 Å². The maximum Gasteiger partial charge on any atom is 0.306 e. The number of carbonyl (C=O) groups excluding carboxylic acids is 2. The molecule has 5 nitrogen and oxygen atoms in total. The normalized spacial score (nSPS) is 13.3. The third-order valence-electron chi connectivity index (χ3n) is 14.3. The van der Waals surface area contributed by atoms with Crippen LogP contribution in [0.3, 0.4) is 0 Å². The summed E-state index contributed by atoms with van der Waals surface area (Å²) >= 11 is 0. The molecule has 0 bridgehead atoms. The Labute approximate surface area is 507 Å². The fourth-order valence-corrected chi connectivity index (χ4v) is 9.24. The lowest BCUT2D eigenvalue weighted by Crippen LogP contribution is -2.28. The van der Waals surface area contributed by atoms with Gasteiger partial charge in [-0.2, -0.15) is 0 Å². The second-order valence-electron chi connectivity index (χ2n) is 22.2. The van der Waals surface area contributed by atoms with Crippen molar-refractivity contribution in [1.29, 1.82) is 0 Å². The predicted octanol–water partition coefficient (Wildman–Crippen LogP) is 23.9. The van der Waals surface area contributed by atoms with E-state index in [1.165, 1.54) is 148 Å². The lowest BCUT2D eigenvalue weighted by atomic mass is 10.0. The Kier molecular flexibility index (Phi) is 66.9. The molecule has 0 rings (SSSR count). The number of rotatable bonds is 61. The SMILES string of the molecule is CC/C=C\C/C=C\C/C=C\C/C=C\C/C=C\C/C=C\C/C=C\C/C=C\C/C=C\C/C=C\C/C=C\CCCCCC(=O)OC(CO)COC(=O)CCCCCCCCCCCCCCCCCCCCC/C=C\C/C=C\CCCCCCC. The molecule has 0 aromatic rings. The number of aliphatic hydroxyl groups is 1. The van der Waals surface area contributed by atoms with Gasteiger partial charge in [-0.1, -0.05) is 313 Å². The van der Waals surface area contributed by atoms with Crippen LogP contribution in [-0.4, -0.2) is 36.4 Å². The van der Waals surface area contributed by atoms with Crippen LogP contribution in [0.25, 0.3) is 0 Å². The molecule has 0 fully saturated rings. The number of hydrogen-bond acceptors (Lipinski definition) is 5. The molecule has 1 N–H and O–H groups in total. The van der Waals surface area contributed by atoms with E-state index in [2.05, 4.69) is 172 Å². The van der Waals surface area contributed by atoms with Gasteiger partial charge in [0.05, 0.1) is 6.61 Å². The van der Waals surface area contributed by atoms with E-state index in [4.69, 9.17) is 9.47 Å². The number of hydrogen-bond donors (Lipinski definition) is 1. The van der Waals surface area contributed by atoms with Crippen molar-refractivity contribution in [3.05, 3.63) is 158 Å². The first kappa shape index (κ1) is 77.5. The van der Waals surface area contributed by atoms with Gasteiger partial charge in [0, 0.05) is 12.8 Å². The van der Waals surface area contributed by atoms with E-state index >= 15 is 0 Å². The number of unbranched alkanes of at least 4 members (excludes halogenated alkanes) is 27. The van der Waals surface area contributed by atoms with Gasteiger partial charge in [0.1, 0.15) is 6.61 Å². The molecule has 0 heterocycles. The minimum absolute atomic E-state index is 0.0868. The van der Waals surface area contributed by atoms with Crippen molar-refractivity contribution in [2.24, 2.45) is 0 Å². The van der Waals surface area contributed by atoms with Gasteiger partial charge in [0.15, 0.2) is 6.10 Å². The number of ether oxygens (including phenoxy) is 2. The van der Waals surface area contributed by atoms with Crippen molar-refractivity contribution in [1.82, 2.24) is 0 Å². The molecule has 1 unspecified atom stereocenters. The van der Waals surface area contributed by atoms with E-state index in [9.17, 15) is 14.7 Å². The van der Waals surface area contributed by atoms with E-state index in [0.717, 1.165) is 122 Å². The monoisotopic (exact) mass is 1130 g/mol. The van der Waals surface area contributed by atoms with Crippen LogP contribution < -0.4 is 0 Å². The molecule has 0 aliphatic heterocycles. The molecule has 0 radical (unpaired) electrons. The zero-order valence-corrected chi connectivity index (χ0v) is 53.2. The summed E-state index contributed by atoms with van der Waals surface area (Å²) in [5, 5.41) is 9.69. The van der Waals surface area contributed by atoms with Crippen molar-refractivity contribution >= 4 is 11.9 Å². The Bertz CT molecular complexity index is 1760. The minimum atomic E-state index is -0.802. The van der Waals surface area contributed by atoms with E-state index in [1.807, 2.05) is 0 Å². The van der Waals surface area contributed by atoms with Crippen molar-refractivity contribution in [2.75, 3.05) is 13.2 Å². The third-order valence-corrected chi connectivity index (χ3v) is 14.3. The van der Waals surface area contributed by atoms with Crippen LogP contribution in [0.2, 0.25) is 0 Å². The zero-order valence-electron chi connectivity index (χ0n) is 53.2. The Hall–Kier alpha value is -4.48. The molecule has 0 saturated carbocycles. The molecule has 0 aromatic heterocycles. The first-order valence-electron chi connectivity index (χ1n) is 34.0. The number of aliphatic hydroxyl groups excluding tert-OH is 1. The summed E-state index contributed by atoms with van der Waals surface area (Å²) in [5.74, 6) is -0.631. The summed E-state index contributed by atoms with van der Waals surface area (Å²) in [4.78, 5) is 24.6. The van der Waals surface area contributed by atoms with Crippen molar-refractivity contribution in [3.63, 3.8) is 0 Å². The predicted molar refractivity (Wildman–Crippen MR) is 361 cm³/mol. The fourth-order valence-electron chi connectivity index (χ4n) is 9.24. The molecular weight excluding hydrogens is 1000 g/mol. The van der Waals surface area contributed by atoms with E-state index in [-0.39, 0.29) is 25.2 Å². The highest BCUT2D eigenvalue weighted by Crippen LogP contribution is 2.16. The summed E-state index contributed by atoms with van der Waals surface area (Å²) in [6.07, 6.45) is 108. The van der Waals surface area contributed by atoms with E-state index < -0.39 is 6.10 Å². The Morgan fingerprint density at radius 3 is 0.805 bits per heavy atom. The largest absolute Gasteiger partial charge is 0.462 e. The summed E-state index contributed by atoms with van der Waals surface area (Å²) in [6, 6.07) is 0. The van der Waals surface area contributed by atoms with Crippen molar-refractivity contribution in [3.8, 4) is 0 Å². The highest BCUT2D eigenvalue weighted by Gasteiger charge is 2.16. The van der Waals surface area contributed by atoms with Gasteiger partial charge in [-0.3, -0.25) is 9.59 Å². The van der Waals surface area contributed by atoms with Crippen molar-refractivity contribution < 1.29 is 24.2 Å². The van der Waals surface area contributed by atoms with E-state index in [0.29, 0.717) is 12.8 Å². The van der Waals surface area contributed by atoms with Crippen LogP contribution in [0.4, 0.5) is 0 Å². The number of allylic oxidation sites excluding steroid dienone is 26. The maximum absolute atomic E-state index is 12.3. The average molecular weight is 1130 g/mol. The Balaban J connectivity index is 3.60. The summed E-state index contributed by atoms with van der Waals surface area (Å²) in [7, 11) is 0. The minimum Gasteiger partial charge on any atom is -0.462 e. The van der Waals surface area contributed by atoms with Crippen LogP contribution in [0, 0.1) is 0 Å². The number of carbonyl (C=O) groups is 2. The molecular formula is C77H126O5. The van der Waals surface area contributed by atoms with Crippen LogP contribution in [-0.2, 0) is 19.1 Å². The third kappa shape index (κ3) is 68.0. The van der Waals surface area contributed by atoms with Gasteiger partial charge in [-0.15, -0.1) is 0 Å². The highest BCUT2D eigenvalue weighted by atomic mass is 16.6. The molecule has 0 spiro atoms. The summed E-state index contributed by atoms with van der Waals surface area (Å²) in [6.45, 7) is 4.00. The van der Waals surface area contributed by atoms with Gasteiger partial charge in [0.2, 0.25) is 0 Å². The van der Waals surface area contributed by atoms with Crippen LogP contribution in [0.1, 0.15) is 296 Å². The lowest BCUT2D eigenvalue weighted by molar-refractivity contribution is -0.161. The average Bonchev–Trinajstić information content (AvgIpc) is 3.49.